The van der Waals surface area contributed by atoms with E-state index in [0.29, 0.717) is 5.56 Å². The molecule has 1 aromatic carbocycles. The summed E-state index contributed by atoms with van der Waals surface area (Å²) in [7, 11) is 1.33. The van der Waals surface area contributed by atoms with E-state index in [9.17, 15) is 27.6 Å². The minimum absolute atomic E-state index is 0.153. The maximum atomic E-state index is 12.6. The highest BCUT2D eigenvalue weighted by molar-refractivity contribution is 5.93. The minimum Gasteiger partial charge on any atom is -0.480 e. The summed E-state index contributed by atoms with van der Waals surface area (Å²) < 4.78 is 38.7. The van der Waals surface area contributed by atoms with Gasteiger partial charge in [0.1, 0.15) is 12.2 Å². The number of nitrogens with zero attached hydrogens (tertiary/aromatic N) is 3. The van der Waals surface area contributed by atoms with Crippen molar-refractivity contribution in [1.82, 2.24) is 14.7 Å². The third kappa shape index (κ3) is 4.68. The lowest BCUT2D eigenvalue weighted by atomic mass is 10.1. The summed E-state index contributed by atoms with van der Waals surface area (Å²) in [6.45, 7) is -0.905. The van der Waals surface area contributed by atoms with Crippen molar-refractivity contribution in [3.63, 3.8) is 0 Å². The standard InChI is InChI=1S/C16H14F3N3O4/c1-21-13(23)7-6-12(20-21)15(26)22(9-14(24)25)8-10-2-4-11(5-3-10)16(17,18)19/h2-7H,8-9H2,1H3,(H,24,25). The molecular weight excluding hydrogens is 355 g/mol. The van der Waals surface area contributed by atoms with Crippen molar-refractivity contribution in [2.24, 2.45) is 7.05 Å². The fraction of sp³-hybridized carbons (Fsp3) is 0.250. The average molecular weight is 369 g/mol. The molecule has 2 rings (SSSR count). The molecule has 1 amide bonds. The summed E-state index contributed by atoms with van der Waals surface area (Å²) in [4.78, 5) is 35.8. The summed E-state index contributed by atoms with van der Waals surface area (Å²) in [5.41, 5.74) is -1.14. The van der Waals surface area contributed by atoms with Gasteiger partial charge in [0.2, 0.25) is 0 Å². The fourth-order valence-electron chi connectivity index (χ4n) is 2.16. The van der Waals surface area contributed by atoms with Crippen LogP contribution in [0.25, 0.3) is 0 Å². The van der Waals surface area contributed by atoms with Crippen LogP contribution in [-0.4, -0.2) is 38.2 Å². The van der Waals surface area contributed by atoms with Crippen molar-refractivity contribution in [3.8, 4) is 0 Å². The second-order valence-electron chi connectivity index (χ2n) is 5.43. The van der Waals surface area contributed by atoms with Gasteiger partial charge in [-0.15, -0.1) is 0 Å². The van der Waals surface area contributed by atoms with Gasteiger partial charge >= 0.3 is 12.1 Å². The largest absolute Gasteiger partial charge is 0.480 e. The van der Waals surface area contributed by atoms with E-state index in [-0.39, 0.29) is 12.2 Å². The maximum Gasteiger partial charge on any atom is 0.416 e. The van der Waals surface area contributed by atoms with Crippen LogP contribution in [0.2, 0.25) is 0 Å². The maximum absolute atomic E-state index is 12.6. The molecular formula is C16H14F3N3O4. The first-order valence-electron chi connectivity index (χ1n) is 7.29. The second kappa shape index (κ2) is 7.38. The smallest absolute Gasteiger partial charge is 0.416 e. The van der Waals surface area contributed by atoms with Gasteiger partial charge in [0.25, 0.3) is 11.5 Å². The zero-order valence-electron chi connectivity index (χ0n) is 13.5. The lowest BCUT2D eigenvalue weighted by Crippen LogP contribution is -2.36. The molecule has 0 bridgehead atoms. The van der Waals surface area contributed by atoms with E-state index in [1.165, 1.54) is 19.2 Å². The Morgan fingerprint density at radius 2 is 1.77 bits per heavy atom. The zero-order valence-corrected chi connectivity index (χ0v) is 13.5. The number of hydrogen-bond donors (Lipinski definition) is 1. The van der Waals surface area contributed by atoms with Crippen LogP contribution >= 0.6 is 0 Å². The Kier molecular flexibility index (Phi) is 5.44. The molecule has 1 aromatic heterocycles. The molecule has 7 nitrogen and oxygen atoms in total. The van der Waals surface area contributed by atoms with Crippen molar-refractivity contribution in [2.45, 2.75) is 12.7 Å². The number of aryl methyl sites for hydroxylation is 1. The van der Waals surface area contributed by atoms with Crippen LogP contribution in [0.1, 0.15) is 21.6 Å². The Bertz CT molecular complexity index is 876. The first-order chi connectivity index (χ1) is 12.1. The Balaban J connectivity index is 2.26. The molecule has 1 heterocycles. The molecule has 0 aliphatic rings. The van der Waals surface area contributed by atoms with E-state index in [4.69, 9.17) is 5.11 Å². The molecule has 0 saturated heterocycles. The van der Waals surface area contributed by atoms with E-state index < -0.39 is 35.7 Å². The third-order valence-electron chi connectivity index (χ3n) is 3.45. The summed E-state index contributed by atoms with van der Waals surface area (Å²) >= 11 is 0. The average Bonchev–Trinajstić information content (AvgIpc) is 2.55. The van der Waals surface area contributed by atoms with Gasteiger partial charge in [-0.3, -0.25) is 14.4 Å². The summed E-state index contributed by atoms with van der Waals surface area (Å²) in [5, 5.41) is 12.7. The second-order valence-corrected chi connectivity index (χ2v) is 5.43. The predicted molar refractivity (Wildman–Crippen MR) is 83.3 cm³/mol. The quantitative estimate of drug-likeness (QED) is 0.863. The van der Waals surface area contributed by atoms with Gasteiger partial charge < -0.3 is 10.0 Å². The monoisotopic (exact) mass is 369 g/mol. The van der Waals surface area contributed by atoms with Gasteiger partial charge in [-0.2, -0.15) is 18.3 Å². The van der Waals surface area contributed by atoms with Crippen LogP contribution in [0.15, 0.2) is 41.2 Å². The Morgan fingerprint density at radius 3 is 2.27 bits per heavy atom. The molecule has 0 atom stereocenters. The summed E-state index contributed by atoms with van der Waals surface area (Å²) in [5.74, 6) is -2.06. The van der Waals surface area contributed by atoms with Gasteiger partial charge in [-0.25, -0.2) is 4.68 Å². The number of carbonyl (C=O) groups is 2. The van der Waals surface area contributed by atoms with Gasteiger partial charge in [0.05, 0.1) is 5.56 Å². The number of aliphatic carboxylic acids is 1. The van der Waals surface area contributed by atoms with E-state index in [2.05, 4.69) is 5.10 Å². The number of halogens is 3. The van der Waals surface area contributed by atoms with Gasteiger partial charge in [0, 0.05) is 19.7 Å². The highest BCUT2D eigenvalue weighted by Crippen LogP contribution is 2.29. The third-order valence-corrected chi connectivity index (χ3v) is 3.45. The molecule has 0 aliphatic carbocycles. The van der Waals surface area contributed by atoms with E-state index in [0.717, 1.165) is 33.8 Å². The minimum atomic E-state index is -4.49. The molecule has 0 aliphatic heterocycles. The lowest BCUT2D eigenvalue weighted by molar-refractivity contribution is -0.138. The number of carboxylic acids is 1. The molecule has 26 heavy (non-hydrogen) atoms. The first-order valence-corrected chi connectivity index (χ1v) is 7.29. The van der Waals surface area contributed by atoms with E-state index >= 15 is 0 Å². The van der Waals surface area contributed by atoms with Crippen LogP contribution in [0.3, 0.4) is 0 Å². The number of rotatable bonds is 5. The van der Waals surface area contributed by atoms with Crippen molar-refractivity contribution in [3.05, 3.63) is 63.6 Å². The van der Waals surface area contributed by atoms with Crippen molar-refractivity contribution in [2.75, 3.05) is 6.54 Å². The number of benzene rings is 1. The summed E-state index contributed by atoms with van der Waals surface area (Å²) in [6.07, 6.45) is -4.49. The first kappa shape index (κ1) is 19.2. The Labute approximate surface area is 145 Å². The van der Waals surface area contributed by atoms with Crippen molar-refractivity contribution >= 4 is 11.9 Å². The van der Waals surface area contributed by atoms with Crippen LogP contribution in [0.5, 0.6) is 0 Å². The van der Waals surface area contributed by atoms with Gasteiger partial charge in [0.15, 0.2) is 0 Å². The topological polar surface area (TPSA) is 92.5 Å². The van der Waals surface area contributed by atoms with E-state index in [1.807, 2.05) is 0 Å². The molecule has 10 heteroatoms. The number of alkyl halides is 3. The van der Waals surface area contributed by atoms with Gasteiger partial charge in [-0.05, 0) is 23.8 Å². The molecule has 2 aromatic rings. The Hall–Kier alpha value is -3.17. The molecule has 138 valence electrons. The van der Waals surface area contributed by atoms with Crippen LogP contribution in [-0.2, 0) is 24.6 Å². The van der Waals surface area contributed by atoms with Crippen LogP contribution < -0.4 is 5.56 Å². The van der Waals surface area contributed by atoms with Gasteiger partial charge in [-0.1, -0.05) is 12.1 Å². The van der Waals surface area contributed by atoms with Crippen LogP contribution in [0, 0.1) is 0 Å². The van der Waals surface area contributed by atoms with Crippen molar-refractivity contribution < 1.29 is 27.9 Å². The van der Waals surface area contributed by atoms with Crippen LogP contribution in [0.4, 0.5) is 13.2 Å². The van der Waals surface area contributed by atoms with Crippen molar-refractivity contribution in [1.29, 1.82) is 0 Å². The molecule has 0 saturated carbocycles. The Morgan fingerprint density at radius 1 is 1.15 bits per heavy atom. The number of carbonyl (C=O) groups excluding carboxylic acids is 1. The number of amides is 1. The molecule has 1 N–H and O–H groups in total. The summed E-state index contributed by atoms with van der Waals surface area (Å²) in [6, 6.07) is 6.30. The molecule has 0 unspecified atom stereocenters. The zero-order chi connectivity index (χ0) is 19.5. The normalized spacial score (nSPS) is 11.2. The SMILES string of the molecule is Cn1nc(C(=O)N(CC(=O)O)Cc2ccc(C(F)(F)F)cc2)ccc1=O. The highest BCUT2D eigenvalue weighted by atomic mass is 19.4. The molecule has 0 spiro atoms. The highest BCUT2D eigenvalue weighted by Gasteiger charge is 2.30. The lowest BCUT2D eigenvalue weighted by Gasteiger charge is -2.20. The fourth-order valence-corrected chi connectivity index (χ4v) is 2.16. The molecule has 0 fully saturated rings. The number of aromatic nitrogens is 2. The molecule has 0 radical (unpaired) electrons. The predicted octanol–water partition coefficient (Wildman–Crippen LogP) is 1.53. The number of hydrogen-bond acceptors (Lipinski definition) is 4. The van der Waals surface area contributed by atoms with E-state index in [1.54, 1.807) is 0 Å². The number of carboxylic acid groups (broad SMARTS) is 1.